The van der Waals surface area contributed by atoms with Crippen molar-refractivity contribution in [3.05, 3.63) is 0 Å². The molecular formula is C5H9NOS2. The second kappa shape index (κ2) is 4.79. The third-order valence-electron chi connectivity index (χ3n) is 0.749. The van der Waals surface area contributed by atoms with Crippen LogP contribution in [0.15, 0.2) is 4.99 Å². The van der Waals surface area contributed by atoms with E-state index in [1.807, 2.05) is 6.92 Å². The maximum absolute atomic E-state index is 10.5. The van der Waals surface area contributed by atoms with E-state index in [2.05, 4.69) is 22.4 Å². The predicted octanol–water partition coefficient (Wildman–Crippen LogP) is 0.856. The van der Waals surface area contributed by atoms with Gasteiger partial charge in [-0.1, -0.05) is 0 Å². The Morgan fingerprint density at radius 1 is 1.89 bits per heavy atom. The second-order valence-electron chi connectivity index (χ2n) is 1.81. The van der Waals surface area contributed by atoms with Crippen LogP contribution < -0.4 is 0 Å². The fourth-order valence-corrected chi connectivity index (χ4v) is 1.40. The minimum absolute atomic E-state index is 0.0494. The molecule has 0 spiro atoms. The van der Waals surface area contributed by atoms with Crippen molar-refractivity contribution in [2.45, 2.75) is 13.0 Å². The summed E-state index contributed by atoms with van der Waals surface area (Å²) in [6, 6.07) is 0.0494. The van der Waals surface area contributed by atoms with Crippen LogP contribution in [0, 0.1) is 0 Å². The number of thiocarbonyl (C=S) groups is 1. The van der Waals surface area contributed by atoms with Crippen LogP contribution in [0.2, 0.25) is 0 Å². The summed E-state index contributed by atoms with van der Waals surface area (Å²) in [5.41, 5.74) is 0. The average molecular weight is 163 g/mol. The number of isothiocyanates is 1. The van der Waals surface area contributed by atoms with Crippen LogP contribution in [0.3, 0.4) is 0 Å². The Bertz CT molecular complexity index is 151. The van der Waals surface area contributed by atoms with Crippen molar-refractivity contribution in [1.82, 2.24) is 0 Å². The van der Waals surface area contributed by atoms with Crippen molar-refractivity contribution in [2.75, 3.05) is 12.0 Å². The normalized spacial score (nSPS) is 15.8. The van der Waals surface area contributed by atoms with Gasteiger partial charge in [-0.05, 0) is 19.1 Å². The lowest BCUT2D eigenvalue weighted by molar-refractivity contribution is 0.681. The molecule has 2 nitrogen and oxygen atoms in total. The Morgan fingerprint density at radius 2 is 2.44 bits per heavy atom. The zero-order chi connectivity index (χ0) is 7.28. The van der Waals surface area contributed by atoms with Crippen LogP contribution in [-0.2, 0) is 10.8 Å². The van der Waals surface area contributed by atoms with Crippen LogP contribution in [-0.4, -0.2) is 27.4 Å². The molecule has 0 aromatic heterocycles. The van der Waals surface area contributed by atoms with Crippen LogP contribution in [0.4, 0.5) is 0 Å². The fourth-order valence-electron chi connectivity index (χ4n) is 0.467. The lowest BCUT2D eigenvalue weighted by Crippen LogP contribution is -2.08. The van der Waals surface area contributed by atoms with Gasteiger partial charge in [-0.15, -0.1) is 0 Å². The molecule has 0 radical (unpaired) electrons. The molecule has 0 aliphatic rings. The molecule has 4 heteroatoms. The molecular weight excluding hydrogens is 154 g/mol. The first-order valence-corrected chi connectivity index (χ1v) is 4.67. The van der Waals surface area contributed by atoms with Gasteiger partial charge in [0, 0.05) is 22.8 Å². The summed E-state index contributed by atoms with van der Waals surface area (Å²) in [4.78, 5) is 3.74. The standard InChI is InChI=1S/C5H9NOS2/c1-5(6-4-8)3-9(2)7/h5H,3H2,1-2H3. The lowest BCUT2D eigenvalue weighted by atomic mass is 10.4. The molecule has 0 heterocycles. The Hall–Kier alpha value is -0.0500. The Morgan fingerprint density at radius 3 is 2.78 bits per heavy atom. The van der Waals surface area contributed by atoms with E-state index in [0.717, 1.165) is 0 Å². The highest BCUT2D eigenvalue weighted by Crippen LogP contribution is 1.89. The molecule has 0 saturated heterocycles. The van der Waals surface area contributed by atoms with Gasteiger partial charge in [0.15, 0.2) is 0 Å². The number of aliphatic imine (C=N–C) groups is 1. The summed E-state index contributed by atoms with van der Waals surface area (Å²) in [7, 11) is -0.777. The topological polar surface area (TPSA) is 29.4 Å². The van der Waals surface area contributed by atoms with Gasteiger partial charge in [0.1, 0.15) is 0 Å². The Balaban J connectivity index is 3.62. The minimum atomic E-state index is -0.777. The molecule has 9 heavy (non-hydrogen) atoms. The fraction of sp³-hybridized carbons (Fsp3) is 0.800. The average Bonchev–Trinajstić information content (AvgIpc) is 1.63. The van der Waals surface area contributed by atoms with Gasteiger partial charge in [-0.3, -0.25) is 4.21 Å². The first-order valence-electron chi connectivity index (χ1n) is 2.54. The summed E-state index contributed by atoms with van der Waals surface area (Å²) in [5.74, 6) is 0.573. The molecule has 2 atom stereocenters. The van der Waals surface area contributed by atoms with E-state index in [1.54, 1.807) is 6.26 Å². The lowest BCUT2D eigenvalue weighted by Gasteiger charge is -1.97. The molecule has 0 fully saturated rings. The molecule has 0 N–H and O–H groups in total. The summed E-state index contributed by atoms with van der Waals surface area (Å²) >= 11 is 4.37. The van der Waals surface area contributed by atoms with E-state index in [4.69, 9.17) is 0 Å². The van der Waals surface area contributed by atoms with Crippen LogP contribution in [0.5, 0.6) is 0 Å². The highest BCUT2D eigenvalue weighted by molar-refractivity contribution is 7.84. The third-order valence-corrected chi connectivity index (χ3v) is 1.81. The van der Waals surface area contributed by atoms with Crippen LogP contribution in [0.25, 0.3) is 0 Å². The maximum Gasteiger partial charge on any atom is 0.0689 e. The molecule has 0 aliphatic carbocycles. The molecule has 0 bridgehead atoms. The molecule has 0 amide bonds. The highest BCUT2D eigenvalue weighted by Gasteiger charge is 1.98. The van der Waals surface area contributed by atoms with Crippen molar-refractivity contribution >= 4 is 28.2 Å². The molecule has 0 rings (SSSR count). The number of rotatable bonds is 3. The SMILES string of the molecule is CC(CS(C)=O)N=C=S. The maximum atomic E-state index is 10.5. The van der Waals surface area contributed by atoms with Gasteiger partial charge in [0.25, 0.3) is 0 Å². The van der Waals surface area contributed by atoms with Gasteiger partial charge >= 0.3 is 0 Å². The number of hydrogen-bond acceptors (Lipinski definition) is 3. The van der Waals surface area contributed by atoms with Crippen LogP contribution >= 0.6 is 12.2 Å². The van der Waals surface area contributed by atoms with E-state index in [-0.39, 0.29) is 6.04 Å². The molecule has 0 aromatic rings. The van der Waals surface area contributed by atoms with E-state index in [9.17, 15) is 4.21 Å². The van der Waals surface area contributed by atoms with E-state index >= 15 is 0 Å². The van der Waals surface area contributed by atoms with Crippen molar-refractivity contribution in [1.29, 1.82) is 0 Å². The molecule has 0 aliphatic heterocycles. The first-order chi connectivity index (χ1) is 4.16. The van der Waals surface area contributed by atoms with Gasteiger partial charge in [0.05, 0.1) is 11.2 Å². The molecule has 2 unspecified atom stereocenters. The Labute approximate surface area is 62.8 Å². The van der Waals surface area contributed by atoms with Gasteiger partial charge < -0.3 is 0 Å². The second-order valence-corrected chi connectivity index (χ2v) is 3.47. The minimum Gasteiger partial charge on any atom is -0.260 e. The summed E-state index contributed by atoms with van der Waals surface area (Å²) in [5, 5.41) is 2.25. The Kier molecular flexibility index (Phi) is 4.77. The largest absolute Gasteiger partial charge is 0.260 e. The van der Waals surface area contributed by atoms with Crippen molar-refractivity contribution in [3.63, 3.8) is 0 Å². The quantitative estimate of drug-likeness (QED) is 0.456. The number of nitrogens with zero attached hydrogens (tertiary/aromatic N) is 1. The predicted molar refractivity (Wildman–Crippen MR) is 43.4 cm³/mol. The molecule has 0 saturated carbocycles. The van der Waals surface area contributed by atoms with Crippen molar-refractivity contribution in [3.8, 4) is 0 Å². The van der Waals surface area contributed by atoms with Crippen LogP contribution in [0.1, 0.15) is 6.92 Å². The van der Waals surface area contributed by atoms with Crippen molar-refractivity contribution in [2.24, 2.45) is 4.99 Å². The van der Waals surface area contributed by atoms with Gasteiger partial charge in [-0.2, -0.15) is 0 Å². The van der Waals surface area contributed by atoms with Gasteiger partial charge in [0.2, 0.25) is 0 Å². The molecule has 52 valence electrons. The zero-order valence-electron chi connectivity index (χ0n) is 5.46. The van der Waals surface area contributed by atoms with Gasteiger partial charge in [-0.25, -0.2) is 4.99 Å². The van der Waals surface area contributed by atoms with Crippen molar-refractivity contribution < 1.29 is 4.21 Å². The van der Waals surface area contributed by atoms with E-state index in [1.165, 1.54) is 0 Å². The van der Waals surface area contributed by atoms with E-state index < -0.39 is 10.8 Å². The smallest absolute Gasteiger partial charge is 0.0689 e. The first kappa shape index (κ1) is 8.95. The highest BCUT2D eigenvalue weighted by atomic mass is 32.2. The zero-order valence-corrected chi connectivity index (χ0v) is 7.09. The summed E-state index contributed by atoms with van der Waals surface area (Å²) < 4.78 is 10.5. The number of hydrogen-bond donors (Lipinski definition) is 0. The van der Waals surface area contributed by atoms with E-state index in [0.29, 0.717) is 5.75 Å². The monoisotopic (exact) mass is 163 g/mol. The summed E-state index contributed by atoms with van der Waals surface area (Å²) in [6.07, 6.45) is 1.65. The third kappa shape index (κ3) is 5.83. The summed E-state index contributed by atoms with van der Waals surface area (Å²) in [6.45, 7) is 1.86. The molecule has 0 aromatic carbocycles.